The standard InChI is InChI=1S/C18H18N2O3/c1-12-3-6-16(7-4-12)19-18(21)23-20-13(2)14-5-8-17-15(11-14)9-10-22-17/h3-8,11H,9-10H2,1-2H3,(H,19,21)/b20-13+. The summed E-state index contributed by atoms with van der Waals surface area (Å²) in [4.78, 5) is 16.7. The zero-order chi connectivity index (χ0) is 16.2. The summed E-state index contributed by atoms with van der Waals surface area (Å²) in [6.45, 7) is 4.50. The van der Waals surface area contributed by atoms with Crippen molar-refractivity contribution >= 4 is 17.5 Å². The van der Waals surface area contributed by atoms with Crippen LogP contribution in [0, 0.1) is 6.92 Å². The van der Waals surface area contributed by atoms with Crippen LogP contribution < -0.4 is 10.1 Å². The molecule has 1 aliphatic heterocycles. The lowest BCUT2D eigenvalue weighted by molar-refractivity contribution is 0.166. The normalized spacial score (nSPS) is 13.2. The summed E-state index contributed by atoms with van der Waals surface area (Å²) in [5.74, 6) is 0.916. The van der Waals surface area contributed by atoms with E-state index in [1.165, 1.54) is 0 Å². The highest BCUT2D eigenvalue weighted by molar-refractivity contribution is 5.99. The number of benzene rings is 2. The third-order valence-electron chi connectivity index (χ3n) is 3.67. The Labute approximate surface area is 134 Å². The van der Waals surface area contributed by atoms with Crippen LogP contribution in [0.4, 0.5) is 10.5 Å². The molecule has 1 N–H and O–H groups in total. The van der Waals surface area contributed by atoms with Crippen LogP contribution in [0.25, 0.3) is 0 Å². The van der Waals surface area contributed by atoms with E-state index in [4.69, 9.17) is 9.57 Å². The fourth-order valence-electron chi connectivity index (χ4n) is 2.35. The quantitative estimate of drug-likeness (QED) is 0.531. The Morgan fingerprint density at radius 1 is 1.22 bits per heavy atom. The van der Waals surface area contributed by atoms with E-state index in [0.717, 1.165) is 28.9 Å². The average molecular weight is 310 g/mol. The molecule has 0 radical (unpaired) electrons. The van der Waals surface area contributed by atoms with Gasteiger partial charge in [0.05, 0.1) is 12.3 Å². The highest BCUT2D eigenvalue weighted by Crippen LogP contribution is 2.26. The van der Waals surface area contributed by atoms with Gasteiger partial charge in [-0.3, -0.25) is 10.2 Å². The summed E-state index contributed by atoms with van der Waals surface area (Å²) < 4.78 is 5.47. The van der Waals surface area contributed by atoms with Crippen LogP contribution in [0.3, 0.4) is 0 Å². The zero-order valence-electron chi connectivity index (χ0n) is 13.1. The topological polar surface area (TPSA) is 59.9 Å². The zero-order valence-corrected chi connectivity index (χ0v) is 13.1. The lowest BCUT2D eigenvalue weighted by atomic mass is 10.1. The molecule has 0 saturated heterocycles. The van der Waals surface area contributed by atoms with E-state index in [0.29, 0.717) is 18.0 Å². The van der Waals surface area contributed by atoms with Crippen LogP contribution in [-0.4, -0.2) is 18.4 Å². The van der Waals surface area contributed by atoms with Gasteiger partial charge < -0.3 is 4.74 Å². The molecule has 0 aromatic heterocycles. The fourth-order valence-corrected chi connectivity index (χ4v) is 2.35. The SMILES string of the molecule is C/C(=N\OC(=O)Nc1ccc(C)cc1)c1ccc2c(c1)CCO2. The van der Waals surface area contributed by atoms with Crippen molar-refractivity contribution in [1.82, 2.24) is 0 Å². The second kappa shape index (κ2) is 6.52. The number of nitrogens with zero attached hydrogens (tertiary/aromatic N) is 1. The minimum atomic E-state index is -0.613. The van der Waals surface area contributed by atoms with Crippen molar-refractivity contribution in [3.63, 3.8) is 0 Å². The summed E-state index contributed by atoms with van der Waals surface area (Å²) >= 11 is 0. The number of oxime groups is 1. The third-order valence-corrected chi connectivity index (χ3v) is 3.67. The van der Waals surface area contributed by atoms with Gasteiger partial charge in [-0.2, -0.15) is 0 Å². The number of fused-ring (bicyclic) bond motifs is 1. The van der Waals surface area contributed by atoms with Gasteiger partial charge in [0.15, 0.2) is 0 Å². The van der Waals surface area contributed by atoms with E-state index >= 15 is 0 Å². The maximum absolute atomic E-state index is 11.8. The molecule has 118 valence electrons. The van der Waals surface area contributed by atoms with Crippen LogP contribution in [0.2, 0.25) is 0 Å². The van der Waals surface area contributed by atoms with E-state index in [-0.39, 0.29) is 0 Å². The molecule has 0 unspecified atom stereocenters. The molecule has 1 heterocycles. The summed E-state index contributed by atoms with van der Waals surface area (Å²) in [6, 6.07) is 13.3. The van der Waals surface area contributed by atoms with Crippen molar-refractivity contribution < 1.29 is 14.4 Å². The van der Waals surface area contributed by atoms with Crippen molar-refractivity contribution in [2.24, 2.45) is 5.16 Å². The maximum atomic E-state index is 11.8. The molecule has 2 aromatic rings. The van der Waals surface area contributed by atoms with Gasteiger partial charge in [-0.1, -0.05) is 22.9 Å². The Balaban J connectivity index is 1.62. The Bertz CT molecular complexity index is 751. The Morgan fingerprint density at radius 3 is 2.78 bits per heavy atom. The summed E-state index contributed by atoms with van der Waals surface area (Å²) in [5.41, 5.74) is 4.50. The molecule has 0 atom stereocenters. The van der Waals surface area contributed by atoms with E-state index in [9.17, 15) is 4.79 Å². The van der Waals surface area contributed by atoms with E-state index < -0.39 is 6.09 Å². The van der Waals surface area contributed by atoms with Crippen LogP contribution in [-0.2, 0) is 11.3 Å². The summed E-state index contributed by atoms with van der Waals surface area (Å²) in [5, 5.41) is 6.53. The van der Waals surface area contributed by atoms with Crippen LogP contribution in [0.5, 0.6) is 5.75 Å². The molecule has 2 aromatic carbocycles. The minimum absolute atomic E-state index is 0.613. The van der Waals surface area contributed by atoms with Crippen molar-refractivity contribution in [2.75, 3.05) is 11.9 Å². The van der Waals surface area contributed by atoms with Gasteiger partial charge in [-0.25, -0.2) is 4.79 Å². The predicted molar refractivity (Wildman–Crippen MR) is 89.1 cm³/mol. The molecule has 0 fully saturated rings. The third kappa shape index (κ3) is 3.69. The van der Waals surface area contributed by atoms with Gasteiger partial charge in [0.2, 0.25) is 0 Å². The van der Waals surface area contributed by atoms with Crippen LogP contribution in [0.1, 0.15) is 23.6 Å². The molecule has 3 rings (SSSR count). The molecule has 23 heavy (non-hydrogen) atoms. The smallest absolute Gasteiger partial charge is 0.437 e. The number of amides is 1. The molecule has 1 aliphatic rings. The van der Waals surface area contributed by atoms with Gasteiger partial charge in [-0.05, 0) is 55.3 Å². The number of hydrogen-bond donors (Lipinski definition) is 1. The van der Waals surface area contributed by atoms with Crippen LogP contribution in [0.15, 0.2) is 47.6 Å². The van der Waals surface area contributed by atoms with Gasteiger partial charge in [0.25, 0.3) is 0 Å². The van der Waals surface area contributed by atoms with Gasteiger partial charge in [0, 0.05) is 12.1 Å². The van der Waals surface area contributed by atoms with Gasteiger partial charge in [-0.15, -0.1) is 0 Å². The number of carbonyl (C=O) groups excluding carboxylic acids is 1. The number of carbonyl (C=O) groups is 1. The average Bonchev–Trinajstić information content (AvgIpc) is 3.02. The summed E-state index contributed by atoms with van der Waals surface area (Å²) in [6.07, 6.45) is 0.281. The number of anilines is 1. The number of ether oxygens (including phenoxy) is 1. The first-order valence-electron chi connectivity index (χ1n) is 7.47. The van der Waals surface area contributed by atoms with Gasteiger partial charge in [0.1, 0.15) is 5.75 Å². The minimum Gasteiger partial charge on any atom is -0.493 e. The fraction of sp³-hybridized carbons (Fsp3) is 0.222. The molecule has 5 nitrogen and oxygen atoms in total. The molecular formula is C18H18N2O3. The first kappa shape index (κ1) is 15.1. The second-order valence-corrected chi connectivity index (χ2v) is 5.47. The number of rotatable bonds is 3. The first-order valence-corrected chi connectivity index (χ1v) is 7.47. The molecule has 0 bridgehead atoms. The first-order chi connectivity index (χ1) is 11.1. The largest absolute Gasteiger partial charge is 0.493 e. The molecule has 1 amide bonds. The van der Waals surface area contributed by atoms with Crippen molar-refractivity contribution in [3.05, 3.63) is 59.2 Å². The molecule has 0 spiro atoms. The number of hydrogen-bond acceptors (Lipinski definition) is 4. The highest BCUT2D eigenvalue weighted by Gasteiger charge is 2.13. The molecule has 0 saturated carbocycles. The molecule has 5 heteroatoms. The lowest BCUT2D eigenvalue weighted by Gasteiger charge is -2.05. The second-order valence-electron chi connectivity index (χ2n) is 5.47. The van der Waals surface area contributed by atoms with E-state index in [1.807, 2.05) is 49.4 Å². The van der Waals surface area contributed by atoms with Gasteiger partial charge >= 0.3 is 6.09 Å². The predicted octanol–water partition coefficient (Wildman–Crippen LogP) is 3.90. The molecule has 0 aliphatic carbocycles. The number of aryl methyl sites for hydroxylation is 1. The van der Waals surface area contributed by atoms with Crippen molar-refractivity contribution in [3.8, 4) is 5.75 Å². The highest BCUT2D eigenvalue weighted by atomic mass is 16.7. The lowest BCUT2D eigenvalue weighted by Crippen LogP contribution is -2.12. The monoisotopic (exact) mass is 310 g/mol. The number of nitrogens with one attached hydrogen (secondary N) is 1. The molecular weight excluding hydrogens is 292 g/mol. The van der Waals surface area contributed by atoms with E-state index in [2.05, 4.69) is 10.5 Å². The Kier molecular flexibility index (Phi) is 4.28. The Hall–Kier alpha value is -2.82. The Morgan fingerprint density at radius 2 is 2.00 bits per heavy atom. The van der Waals surface area contributed by atoms with E-state index in [1.54, 1.807) is 6.92 Å². The van der Waals surface area contributed by atoms with Crippen molar-refractivity contribution in [2.45, 2.75) is 20.3 Å². The maximum Gasteiger partial charge on any atom is 0.437 e. The van der Waals surface area contributed by atoms with Crippen molar-refractivity contribution in [1.29, 1.82) is 0 Å². The van der Waals surface area contributed by atoms with Crippen LogP contribution >= 0.6 is 0 Å². The summed E-state index contributed by atoms with van der Waals surface area (Å²) in [7, 11) is 0.